The van der Waals surface area contributed by atoms with Gasteiger partial charge in [-0.3, -0.25) is 0 Å². The van der Waals surface area contributed by atoms with Crippen molar-refractivity contribution in [3.63, 3.8) is 0 Å². The fourth-order valence-electron chi connectivity index (χ4n) is 1.14. The van der Waals surface area contributed by atoms with E-state index < -0.39 is 23.7 Å². The molecular weight excluding hydrogens is 187 g/mol. The molecule has 0 bridgehead atoms. The lowest BCUT2D eigenvalue weighted by atomic mass is 9.92. The number of aliphatic hydroxyl groups excluding tert-OH is 1. The lowest BCUT2D eigenvalue weighted by Crippen LogP contribution is -2.37. The molecule has 1 aromatic rings. The number of aliphatic hydroxyl groups is 1. The smallest absolute Gasteiger partial charge is 0.167 e. The zero-order valence-electron chi connectivity index (χ0n) is 7.79. The number of anilines is 1. The van der Waals surface area contributed by atoms with Gasteiger partial charge in [-0.15, -0.1) is 0 Å². The third kappa shape index (κ3) is 1.78. The van der Waals surface area contributed by atoms with E-state index in [0.717, 1.165) is 6.07 Å². The number of hydrogen-bond acceptors (Lipinski definition) is 4. The second kappa shape index (κ2) is 3.43. The topological polar surface area (TPSA) is 92.5 Å². The molecule has 1 atom stereocenters. The van der Waals surface area contributed by atoms with Gasteiger partial charge < -0.3 is 21.7 Å². The zero-order valence-corrected chi connectivity index (χ0v) is 7.79. The minimum atomic E-state index is -1.21. The van der Waals surface area contributed by atoms with Crippen molar-refractivity contribution in [2.45, 2.75) is 12.5 Å². The Kier molecular flexibility index (Phi) is 2.64. The summed E-state index contributed by atoms with van der Waals surface area (Å²) in [6.07, 6.45) is 0. The normalized spacial score (nSPS) is 15.1. The molecule has 0 aliphatic carbocycles. The van der Waals surface area contributed by atoms with Gasteiger partial charge in [0.15, 0.2) is 11.6 Å². The molecule has 0 saturated carbocycles. The average Bonchev–Trinajstić information content (AvgIpc) is 2.11. The summed E-state index contributed by atoms with van der Waals surface area (Å²) in [5, 5.41) is 18.3. The molecule has 1 rings (SSSR count). The van der Waals surface area contributed by atoms with Crippen LogP contribution in [0.1, 0.15) is 12.5 Å². The molecule has 0 aliphatic rings. The zero-order chi connectivity index (χ0) is 10.9. The number of aromatic hydroxyl groups is 1. The molecule has 0 aromatic heterocycles. The summed E-state index contributed by atoms with van der Waals surface area (Å²) in [6.45, 7) is 1.06. The van der Waals surface area contributed by atoms with Gasteiger partial charge in [-0.05, 0) is 13.0 Å². The van der Waals surface area contributed by atoms with E-state index in [1.165, 1.54) is 13.0 Å². The maximum Gasteiger partial charge on any atom is 0.167 e. The summed E-state index contributed by atoms with van der Waals surface area (Å²) in [7, 11) is 0. The van der Waals surface area contributed by atoms with Crippen LogP contribution in [0.25, 0.3) is 0 Å². The molecule has 0 saturated heterocycles. The van der Waals surface area contributed by atoms with Crippen molar-refractivity contribution in [1.29, 1.82) is 0 Å². The van der Waals surface area contributed by atoms with Crippen LogP contribution in [0.15, 0.2) is 12.1 Å². The summed E-state index contributed by atoms with van der Waals surface area (Å²) in [5.41, 5.74) is 10.1. The first-order valence-electron chi connectivity index (χ1n) is 4.06. The fourth-order valence-corrected chi connectivity index (χ4v) is 1.14. The number of phenolic OH excluding ortho intramolecular Hbond substituents is 1. The minimum absolute atomic E-state index is 0.0949. The van der Waals surface area contributed by atoms with E-state index in [9.17, 15) is 9.50 Å². The van der Waals surface area contributed by atoms with Gasteiger partial charge in [0.05, 0.1) is 12.1 Å². The van der Waals surface area contributed by atoms with Crippen LogP contribution >= 0.6 is 0 Å². The van der Waals surface area contributed by atoms with Crippen LogP contribution in [0.3, 0.4) is 0 Å². The van der Waals surface area contributed by atoms with Gasteiger partial charge in [0.25, 0.3) is 0 Å². The first kappa shape index (κ1) is 10.7. The van der Waals surface area contributed by atoms with Gasteiger partial charge in [-0.1, -0.05) is 0 Å². The summed E-state index contributed by atoms with van der Waals surface area (Å²) >= 11 is 0. The van der Waals surface area contributed by atoms with E-state index in [0.29, 0.717) is 0 Å². The number of hydrogen-bond donors (Lipinski definition) is 4. The Morgan fingerprint density at radius 1 is 1.50 bits per heavy atom. The van der Waals surface area contributed by atoms with E-state index in [2.05, 4.69) is 0 Å². The number of phenols is 1. The predicted molar refractivity (Wildman–Crippen MR) is 51.1 cm³/mol. The number of nitrogens with two attached hydrogens (primary N) is 2. The first-order chi connectivity index (χ1) is 6.38. The van der Waals surface area contributed by atoms with Crippen molar-refractivity contribution < 1.29 is 14.6 Å². The van der Waals surface area contributed by atoms with Crippen LogP contribution in [-0.2, 0) is 5.54 Å². The first-order valence-corrected chi connectivity index (χ1v) is 4.06. The second-order valence-electron chi connectivity index (χ2n) is 3.47. The van der Waals surface area contributed by atoms with Crippen molar-refractivity contribution in [3.8, 4) is 5.75 Å². The van der Waals surface area contributed by atoms with Crippen molar-refractivity contribution in [3.05, 3.63) is 23.5 Å². The minimum Gasteiger partial charge on any atom is -0.505 e. The molecule has 14 heavy (non-hydrogen) atoms. The Morgan fingerprint density at radius 3 is 2.57 bits per heavy atom. The largest absolute Gasteiger partial charge is 0.505 e. The molecule has 0 heterocycles. The standard InChI is InChI=1S/C9H13FN2O2/c1-9(12,4-13)6-2-5(11)3-7(10)8(6)14/h2-3,13-14H,4,11-12H2,1H3/t9-/m1/s1. The molecule has 0 aliphatic heterocycles. The van der Waals surface area contributed by atoms with Crippen molar-refractivity contribution in [2.75, 3.05) is 12.3 Å². The molecule has 78 valence electrons. The lowest BCUT2D eigenvalue weighted by Gasteiger charge is -2.23. The Balaban J connectivity index is 3.34. The molecule has 0 radical (unpaired) electrons. The maximum atomic E-state index is 13.0. The lowest BCUT2D eigenvalue weighted by molar-refractivity contribution is 0.206. The maximum absolute atomic E-state index is 13.0. The van der Waals surface area contributed by atoms with Gasteiger partial charge in [0.2, 0.25) is 0 Å². The van der Waals surface area contributed by atoms with Crippen LogP contribution in [0, 0.1) is 5.82 Å². The van der Waals surface area contributed by atoms with E-state index >= 15 is 0 Å². The Hall–Kier alpha value is -1.33. The third-order valence-corrected chi connectivity index (χ3v) is 2.03. The molecule has 4 nitrogen and oxygen atoms in total. The molecule has 1 aromatic carbocycles. The van der Waals surface area contributed by atoms with Crippen LogP contribution < -0.4 is 11.5 Å². The quantitative estimate of drug-likeness (QED) is 0.407. The SMILES string of the molecule is C[C@@](N)(CO)c1cc(N)cc(F)c1O. The molecule has 0 unspecified atom stereocenters. The van der Waals surface area contributed by atoms with E-state index in [1.807, 2.05) is 0 Å². The van der Waals surface area contributed by atoms with Gasteiger partial charge in [0.1, 0.15) is 0 Å². The molecule has 5 heteroatoms. The number of halogens is 1. The summed E-state index contributed by atoms with van der Waals surface area (Å²) < 4.78 is 13.0. The number of rotatable bonds is 2. The Labute approximate surface area is 81.0 Å². The highest BCUT2D eigenvalue weighted by Crippen LogP contribution is 2.31. The number of benzene rings is 1. The van der Waals surface area contributed by atoms with Crippen molar-refractivity contribution >= 4 is 5.69 Å². The predicted octanol–water partition coefficient (Wildman–Crippen LogP) is 0.280. The third-order valence-electron chi connectivity index (χ3n) is 2.03. The highest BCUT2D eigenvalue weighted by Gasteiger charge is 2.25. The van der Waals surface area contributed by atoms with Gasteiger partial charge in [-0.2, -0.15) is 0 Å². The van der Waals surface area contributed by atoms with E-state index in [1.54, 1.807) is 0 Å². The van der Waals surface area contributed by atoms with Crippen LogP contribution in [0.5, 0.6) is 5.75 Å². The molecule has 0 amide bonds. The van der Waals surface area contributed by atoms with Gasteiger partial charge in [0, 0.05) is 17.3 Å². The molecule has 6 N–H and O–H groups in total. The highest BCUT2D eigenvalue weighted by molar-refractivity contribution is 5.50. The summed E-state index contributed by atoms with van der Waals surface area (Å²) in [6, 6.07) is 2.33. The fraction of sp³-hybridized carbons (Fsp3) is 0.333. The average molecular weight is 200 g/mol. The molecule has 0 spiro atoms. The van der Waals surface area contributed by atoms with Crippen LogP contribution in [-0.4, -0.2) is 16.8 Å². The van der Waals surface area contributed by atoms with Crippen LogP contribution in [0.4, 0.5) is 10.1 Å². The number of nitrogen functional groups attached to an aromatic ring is 1. The highest BCUT2D eigenvalue weighted by atomic mass is 19.1. The van der Waals surface area contributed by atoms with Crippen molar-refractivity contribution in [1.82, 2.24) is 0 Å². The van der Waals surface area contributed by atoms with E-state index in [-0.39, 0.29) is 11.3 Å². The summed E-state index contributed by atoms with van der Waals surface area (Å²) in [4.78, 5) is 0. The monoisotopic (exact) mass is 200 g/mol. The van der Waals surface area contributed by atoms with E-state index in [4.69, 9.17) is 16.6 Å². The van der Waals surface area contributed by atoms with Gasteiger partial charge >= 0.3 is 0 Å². The second-order valence-corrected chi connectivity index (χ2v) is 3.47. The molecular formula is C9H13FN2O2. The van der Waals surface area contributed by atoms with Gasteiger partial charge in [-0.25, -0.2) is 4.39 Å². The summed E-state index contributed by atoms with van der Waals surface area (Å²) in [5.74, 6) is -1.41. The Bertz CT molecular complexity index is 353. The van der Waals surface area contributed by atoms with Crippen LogP contribution in [0.2, 0.25) is 0 Å². The molecule has 0 fully saturated rings. The Morgan fingerprint density at radius 2 is 2.07 bits per heavy atom. The van der Waals surface area contributed by atoms with Crippen molar-refractivity contribution in [2.24, 2.45) is 5.73 Å².